The summed E-state index contributed by atoms with van der Waals surface area (Å²) in [7, 11) is 3.88. The third-order valence-electron chi connectivity index (χ3n) is 3.72. The molecule has 2 aromatic carbocycles. The van der Waals surface area contributed by atoms with E-state index in [1.807, 2.05) is 26.2 Å². The molecule has 0 bridgehead atoms. The second kappa shape index (κ2) is 11.8. The third kappa shape index (κ3) is 9.25. The van der Waals surface area contributed by atoms with Crippen LogP contribution in [0.25, 0.3) is 0 Å². The summed E-state index contributed by atoms with van der Waals surface area (Å²) in [6.07, 6.45) is -1.49. The zero-order valence-electron chi connectivity index (χ0n) is 15.9. The first-order valence-electron chi connectivity index (χ1n) is 8.56. The molecule has 0 N–H and O–H groups in total. The molecule has 28 heavy (non-hydrogen) atoms. The number of hydrogen-bond acceptors (Lipinski definition) is 6. The zero-order chi connectivity index (χ0) is 19.5. The van der Waals surface area contributed by atoms with Crippen LogP contribution in [0.15, 0.2) is 60.7 Å². The standard InChI is InChI=1S/C20H24NO6.ClH/c1-21(2,13-15-24-19(22)26-17-9-5-3-6-10-17)14-16-25-20(23)27-18-11-7-4-8-12-18;/h3-12H,13-16H2,1-2H3;1H/q+1;/p-1. The molecule has 0 saturated heterocycles. The molecule has 0 spiro atoms. The number of para-hydroxylation sites is 2. The first-order chi connectivity index (χ1) is 12.9. The molecule has 0 amide bonds. The van der Waals surface area contributed by atoms with Crippen LogP contribution in [0, 0.1) is 0 Å². The molecule has 0 heterocycles. The SMILES string of the molecule is C[N+](C)(CCOC(=O)Oc1ccccc1)CCOC(=O)Oc1ccccc1.[Cl-]. The lowest BCUT2D eigenvalue weighted by Gasteiger charge is -2.28. The summed E-state index contributed by atoms with van der Waals surface area (Å²) in [5.41, 5.74) is 0. The number of nitrogens with zero attached hydrogens (tertiary/aromatic N) is 1. The summed E-state index contributed by atoms with van der Waals surface area (Å²) in [6.45, 7) is 1.46. The van der Waals surface area contributed by atoms with Crippen molar-refractivity contribution in [3.05, 3.63) is 60.7 Å². The van der Waals surface area contributed by atoms with Gasteiger partial charge in [0.1, 0.15) is 37.8 Å². The topological polar surface area (TPSA) is 71.1 Å². The summed E-state index contributed by atoms with van der Waals surface area (Å²) in [6, 6.07) is 17.4. The van der Waals surface area contributed by atoms with Crippen molar-refractivity contribution < 1.29 is 45.4 Å². The van der Waals surface area contributed by atoms with Gasteiger partial charge in [0.15, 0.2) is 0 Å². The summed E-state index contributed by atoms with van der Waals surface area (Å²) in [5, 5.41) is 0. The Bertz CT molecular complexity index is 662. The van der Waals surface area contributed by atoms with Crippen molar-refractivity contribution in [2.45, 2.75) is 0 Å². The molecule has 0 radical (unpaired) electrons. The van der Waals surface area contributed by atoms with E-state index in [1.165, 1.54) is 0 Å². The summed E-state index contributed by atoms with van der Waals surface area (Å²) >= 11 is 0. The van der Waals surface area contributed by atoms with Gasteiger partial charge in [0.2, 0.25) is 0 Å². The van der Waals surface area contributed by atoms with E-state index < -0.39 is 12.3 Å². The van der Waals surface area contributed by atoms with Gasteiger partial charge in [-0.1, -0.05) is 36.4 Å². The minimum atomic E-state index is -0.746. The quantitative estimate of drug-likeness (QED) is 0.359. The van der Waals surface area contributed by atoms with Crippen molar-refractivity contribution in [1.29, 1.82) is 0 Å². The highest BCUT2D eigenvalue weighted by Crippen LogP contribution is 2.10. The molecule has 7 nitrogen and oxygen atoms in total. The number of carbonyl (C=O) groups excluding carboxylic acids is 2. The monoisotopic (exact) mass is 409 g/mol. The molecule has 152 valence electrons. The first kappa shape index (κ1) is 23.3. The second-order valence-corrected chi connectivity index (χ2v) is 6.41. The van der Waals surface area contributed by atoms with Gasteiger partial charge in [0, 0.05) is 0 Å². The smallest absolute Gasteiger partial charge is 0.514 e. The Hall–Kier alpha value is -2.77. The van der Waals surface area contributed by atoms with Crippen LogP contribution in [-0.2, 0) is 9.47 Å². The van der Waals surface area contributed by atoms with Crippen LogP contribution in [0.4, 0.5) is 9.59 Å². The Morgan fingerprint density at radius 1 is 0.714 bits per heavy atom. The Balaban J connectivity index is 0.00000392. The van der Waals surface area contributed by atoms with E-state index in [2.05, 4.69) is 0 Å². The fraction of sp³-hybridized carbons (Fsp3) is 0.300. The summed E-state index contributed by atoms with van der Waals surface area (Å²) < 4.78 is 20.7. The molecule has 2 rings (SSSR count). The van der Waals surface area contributed by atoms with E-state index >= 15 is 0 Å². The molecule has 0 fully saturated rings. The van der Waals surface area contributed by atoms with Crippen molar-refractivity contribution >= 4 is 12.3 Å². The second-order valence-electron chi connectivity index (χ2n) is 6.41. The average molecular weight is 410 g/mol. The van der Waals surface area contributed by atoms with E-state index in [1.54, 1.807) is 48.5 Å². The molecule has 0 saturated carbocycles. The Morgan fingerprint density at radius 3 is 1.43 bits per heavy atom. The number of benzene rings is 2. The largest absolute Gasteiger partial charge is 1.00 e. The lowest BCUT2D eigenvalue weighted by atomic mass is 10.3. The van der Waals surface area contributed by atoms with E-state index in [4.69, 9.17) is 18.9 Å². The van der Waals surface area contributed by atoms with Gasteiger partial charge in [-0.3, -0.25) is 0 Å². The lowest BCUT2D eigenvalue weighted by Crippen LogP contribution is -3.00. The van der Waals surface area contributed by atoms with Gasteiger partial charge in [-0.05, 0) is 24.3 Å². The van der Waals surface area contributed by atoms with E-state index in [-0.39, 0.29) is 25.6 Å². The average Bonchev–Trinajstić information content (AvgIpc) is 2.63. The maximum Gasteiger partial charge on any atom is 0.514 e. The minimum Gasteiger partial charge on any atom is -1.00 e. The Labute approximate surface area is 170 Å². The number of likely N-dealkylation sites (N-methyl/N-ethyl adjacent to an activating group) is 1. The van der Waals surface area contributed by atoms with Gasteiger partial charge in [-0.2, -0.15) is 0 Å². The molecule has 0 aliphatic heterocycles. The highest BCUT2D eigenvalue weighted by Gasteiger charge is 2.18. The number of carbonyl (C=O) groups is 2. The minimum absolute atomic E-state index is 0. The first-order valence-corrected chi connectivity index (χ1v) is 8.56. The molecule has 0 atom stereocenters. The van der Waals surface area contributed by atoms with Crippen LogP contribution in [0.3, 0.4) is 0 Å². The van der Waals surface area contributed by atoms with E-state index in [0.717, 1.165) is 0 Å². The number of quaternary nitrogens is 1. The molecule has 0 aliphatic rings. The summed E-state index contributed by atoms with van der Waals surface area (Å²) in [4.78, 5) is 23.3. The van der Waals surface area contributed by atoms with Gasteiger partial charge in [-0.15, -0.1) is 0 Å². The molecular formula is C20H24ClNO6. The van der Waals surface area contributed by atoms with Crippen molar-refractivity contribution in [3.8, 4) is 11.5 Å². The molecule has 0 aliphatic carbocycles. The van der Waals surface area contributed by atoms with Crippen molar-refractivity contribution in [2.75, 3.05) is 40.4 Å². The third-order valence-corrected chi connectivity index (χ3v) is 3.72. The summed E-state index contributed by atoms with van der Waals surface area (Å²) in [5.74, 6) is 0.864. The highest BCUT2D eigenvalue weighted by atomic mass is 35.5. The van der Waals surface area contributed by atoms with E-state index in [9.17, 15) is 9.59 Å². The van der Waals surface area contributed by atoms with Crippen molar-refractivity contribution in [2.24, 2.45) is 0 Å². The van der Waals surface area contributed by atoms with Crippen LogP contribution in [0.2, 0.25) is 0 Å². The van der Waals surface area contributed by atoms with Crippen LogP contribution < -0.4 is 21.9 Å². The van der Waals surface area contributed by atoms with Gasteiger partial charge < -0.3 is 35.8 Å². The Kier molecular flexibility index (Phi) is 9.84. The van der Waals surface area contributed by atoms with Crippen molar-refractivity contribution in [1.82, 2.24) is 0 Å². The van der Waals surface area contributed by atoms with Crippen LogP contribution >= 0.6 is 0 Å². The van der Waals surface area contributed by atoms with Gasteiger partial charge in [-0.25, -0.2) is 9.59 Å². The van der Waals surface area contributed by atoms with Crippen LogP contribution in [0.1, 0.15) is 0 Å². The Morgan fingerprint density at radius 2 is 1.07 bits per heavy atom. The molecule has 8 heteroatoms. The zero-order valence-corrected chi connectivity index (χ0v) is 16.6. The normalized spacial score (nSPS) is 10.4. The number of halogens is 1. The number of ether oxygens (including phenoxy) is 4. The van der Waals surface area contributed by atoms with E-state index in [0.29, 0.717) is 29.1 Å². The van der Waals surface area contributed by atoms with Crippen LogP contribution in [-0.4, -0.2) is 57.2 Å². The molecule has 2 aromatic rings. The number of hydrogen-bond donors (Lipinski definition) is 0. The maximum atomic E-state index is 11.6. The maximum absolute atomic E-state index is 11.6. The number of rotatable bonds is 8. The predicted octanol–water partition coefficient (Wildman–Crippen LogP) is 0.498. The molecule has 0 unspecified atom stereocenters. The molecular weight excluding hydrogens is 386 g/mol. The van der Waals surface area contributed by atoms with Crippen molar-refractivity contribution in [3.63, 3.8) is 0 Å². The highest BCUT2D eigenvalue weighted by molar-refractivity contribution is 5.64. The van der Waals surface area contributed by atoms with Gasteiger partial charge in [0.05, 0.1) is 14.1 Å². The fourth-order valence-corrected chi connectivity index (χ4v) is 2.09. The van der Waals surface area contributed by atoms with Gasteiger partial charge >= 0.3 is 12.3 Å². The molecule has 0 aromatic heterocycles. The van der Waals surface area contributed by atoms with Crippen LogP contribution in [0.5, 0.6) is 11.5 Å². The predicted molar refractivity (Wildman–Crippen MR) is 98.7 cm³/mol. The lowest BCUT2D eigenvalue weighted by molar-refractivity contribution is -0.890. The van der Waals surface area contributed by atoms with Gasteiger partial charge in [0.25, 0.3) is 0 Å². The fourth-order valence-electron chi connectivity index (χ4n) is 2.09.